The van der Waals surface area contributed by atoms with Gasteiger partial charge < -0.3 is 10.1 Å². The average molecular weight is 348 g/mol. The van der Waals surface area contributed by atoms with Crippen molar-refractivity contribution < 1.29 is 17.9 Å². The van der Waals surface area contributed by atoms with E-state index in [0.29, 0.717) is 11.4 Å². The van der Waals surface area contributed by atoms with Crippen LogP contribution >= 0.6 is 0 Å². The fraction of sp³-hybridized carbons (Fsp3) is 0.235. The normalized spacial score (nSPS) is 11.3. The molecule has 0 saturated heterocycles. The van der Waals surface area contributed by atoms with Crippen molar-refractivity contribution in [1.29, 1.82) is 0 Å². The number of rotatable bonds is 6. The summed E-state index contributed by atoms with van der Waals surface area (Å²) in [4.78, 5) is 12.0. The fourth-order valence-electron chi connectivity index (χ4n) is 2.16. The summed E-state index contributed by atoms with van der Waals surface area (Å²) < 4.78 is 27.9. The summed E-state index contributed by atoms with van der Waals surface area (Å²) >= 11 is 0. The first kappa shape index (κ1) is 18.0. The van der Waals surface area contributed by atoms with Gasteiger partial charge in [-0.15, -0.1) is 0 Å². The number of ether oxygens (including phenoxy) is 1. The third kappa shape index (κ3) is 4.81. The lowest BCUT2D eigenvalue weighted by Gasteiger charge is -2.13. The molecular formula is C17H20N2O4S. The van der Waals surface area contributed by atoms with Crippen LogP contribution in [0.1, 0.15) is 25.3 Å². The second kappa shape index (κ2) is 7.46. The molecule has 2 aromatic rings. The van der Waals surface area contributed by atoms with Crippen LogP contribution in [0.3, 0.4) is 0 Å². The fourth-order valence-corrected chi connectivity index (χ4v) is 2.67. The lowest BCUT2D eigenvalue weighted by Crippen LogP contribution is -2.20. The number of hydrogen-bond donors (Lipinski definition) is 2. The van der Waals surface area contributed by atoms with Gasteiger partial charge in [0.1, 0.15) is 5.75 Å². The highest BCUT2D eigenvalue weighted by Gasteiger charge is 2.10. The zero-order chi connectivity index (χ0) is 17.7. The molecule has 7 heteroatoms. The topological polar surface area (TPSA) is 98.5 Å². The van der Waals surface area contributed by atoms with Crippen LogP contribution in [0.4, 0.5) is 5.69 Å². The molecule has 0 fully saturated rings. The molecule has 2 rings (SSSR count). The highest BCUT2D eigenvalue weighted by molar-refractivity contribution is 7.89. The predicted octanol–water partition coefficient (Wildman–Crippen LogP) is 2.47. The molecule has 3 N–H and O–H groups in total. The van der Waals surface area contributed by atoms with Crippen LogP contribution in [-0.4, -0.2) is 20.9 Å². The van der Waals surface area contributed by atoms with Gasteiger partial charge in [0.15, 0.2) is 6.61 Å². The highest BCUT2D eigenvalue weighted by atomic mass is 32.2. The molecule has 0 bridgehead atoms. The minimum Gasteiger partial charge on any atom is -0.483 e. The van der Waals surface area contributed by atoms with Crippen molar-refractivity contribution >= 4 is 21.6 Å². The van der Waals surface area contributed by atoms with Gasteiger partial charge >= 0.3 is 0 Å². The van der Waals surface area contributed by atoms with Gasteiger partial charge in [0.05, 0.1) is 4.90 Å². The van der Waals surface area contributed by atoms with Gasteiger partial charge in [-0.2, -0.15) is 0 Å². The average Bonchev–Trinajstić information content (AvgIpc) is 2.53. The third-order valence-corrected chi connectivity index (χ3v) is 4.30. The van der Waals surface area contributed by atoms with Crippen LogP contribution in [0, 0.1) is 0 Å². The van der Waals surface area contributed by atoms with E-state index in [1.165, 1.54) is 24.3 Å². The largest absolute Gasteiger partial charge is 0.483 e. The molecule has 24 heavy (non-hydrogen) atoms. The lowest BCUT2D eigenvalue weighted by molar-refractivity contribution is -0.118. The Kier molecular flexibility index (Phi) is 5.58. The van der Waals surface area contributed by atoms with Crippen molar-refractivity contribution in [2.75, 3.05) is 11.9 Å². The Bertz CT molecular complexity index is 815. The van der Waals surface area contributed by atoms with Gasteiger partial charge in [0.2, 0.25) is 10.0 Å². The maximum absolute atomic E-state index is 12.0. The minimum atomic E-state index is -3.74. The molecule has 0 aliphatic heterocycles. The summed E-state index contributed by atoms with van der Waals surface area (Å²) in [5.74, 6) is 0.624. The number of hydrogen-bond acceptors (Lipinski definition) is 4. The van der Waals surface area contributed by atoms with E-state index in [4.69, 9.17) is 9.88 Å². The van der Waals surface area contributed by atoms with E-state index in [9.17, 15) is 13.2 Å². The number of carbonyl (C=O) groups excluding carboxylic acids is 1. The van der Waals surface area contributed by atoms with E-state index in [0.717, 1.165) is 5.56 Å². The van der Waals surface area contributed by atoms with Gasteiger partial charge in [-0.25, -0.2) is 13.6 Å². The Hall–Kier alpha value is -2.38. The number of para-hydroxylation sites is 1. The quantitative estimate of drug-likeness (QED) is 0.838. The van der Waals surface area contributed by atoms with Crippen LogP contribution in [0.2, 0.25) is 0 Å². The molecule has 6 nitrogen and oxygen atoms in total. The number of nitrogens with one attached hydrogen (secondary N) is 1. The molecule has 2 aromatic carbocycles. The first-order valence-electron chi connectivity index (χ1n) is 7.42. The molecule has 0 atom stereocenters. The van der Waals surface area contributed by atoms with Gasteiger partial charge in [0.25, 0.3) is 5.91 Å². The smallest absolute Gasteiger partial charge is 0.262 e. The molecule has 0 aromatic heterocycles. The first-order chi connectivity index (χ1) is 11.3. The van der Waals surface area contributed by atoms with Gasteiger partial charge in [-0.3, -0.25) is 4.79 Å². The Morgan fingerprint density at radius 3 is 2.33 bits per heavy atom. The second-order valence-electron chi connectivity index (χ2n) is 5.60. The Labute approximate surface area is 141 Å². The summed E-state index contributed by atoms with van der Waals surface area (Å²) in [7, 11) is -3.74. The van der Waals surface area contributed by atoms with Gasteiger partial charge in [0, 0.05) is 5.69 Å². The second-order valence-corrected chi connectivity index (χ2v) is 7.16. The molecule has 0 radical (unpaired) electrons. The van der Waals surface area contributed by atoms with Gasteiger partial charge in [-0.05, 0) is 41.8 Å². The maximum Gasteiger partial charge on any atom is 0.262 e. The number of amides is 1. The summed E-state index contributed by atoms with van der Waals surface area (Å²) in [5.41, 5.74) is 1.50. The minimum absolute atomic E-state index is 0.0115. The summed E-state index contributed by atoms with van der Waals surface area (Å²) in [6, 6.07) is 13.2. The maximum atomic E-state index is 12.0. The molecule has 0 unspecified atom stereocenters. The molecule has 0 heterocycles. The molecule has 0 aliphatic rings. The first-order valence-corrected chi connectivity index (χ1v) is 8.96. The molecule has 0 spiro atoms. The van der Waals surface area contributed by atoms with Crippen LogP contribution in [0.15, 0.2) is 53.4 Å². The van der Waals surface area contributed by atoms with E-state index in [2.05, 4.69) is 19.2 Å². The monoisotopic (exact) mass is 348 g/mol. The van der Waals surface area contributed by atoms with Crippen molar-refractivity contribution in [3.05, 3.63) is 54.1 Å². The van der Waals surface area contributed by atoms with E-state index >= 15 is 0 Å². The standard InChI is InChI=1S/C17H20N2O4S/c1-12(2)15-5-3-4-6-16(15)23-11-17(20)19-13-7-9-14(10-8-13)24(18,21)22/h3-10,12H,11H2,1-2H3,(H,19,20)(H2,18,21,22). The van der Waals surface area contributed by atoms with Crippen molar-refractivity contribution in [2.24, 2.45) is 5.14 Å². The number of benzene rings is 2. The lowest BCUT2D eigenvalue weighted by atomic mass is 10.0. The van der Waals surface area contributed by atoms with Crippen LogP contribution < -0.4 is 15.2 Å². The van der Waals surface area contributed by atoms with E-state index in [-0.39, 0.29) is 23.3 Å². The number of carbonyl (C=O) groups is 1. The Balaban J connectivity index is 1.97. The van der Waals surface area contributed by atoms with E-state index < -0.39 is 10.0 Å². The number of nitrogens with two attached hydrogens (primary N) is 1. The van der Waals surface area contributed by atoms with Crippen LogP contribution in [-0.2, 0) is 14.8 Å². The number of anilines is 1. The van der Waals surface area contributed by atoms with Crippen molar-refractivity contribution in [1.82, 2.24) is 0 Å². The van der Waals surface area contributed by atoms with Crippen LogP contribution in [0.5, 0.6) is 5.75 Å². The van der Waals surface area contributed by atoms with Crippen LogP contribution in [0.25, 0.3) is 0 Å². The summed E-state index contributed by atoms with van der Waals surface area (Å²) in [6.45, 7) is 3.96. The van der Waals surface area contributed by atoms with Gasteiger partial charge in [-0.1, -0.05) is 32.0 Å². The van der Waals surface area contributed by atoms with Crippen molar-refractivity contribution in [3.8, 4) is 5.75 Å². The van der Waals surface area contributed by atoms with Crippen molar-refractivity contribution in [3.63, 3.8) is 0 Å². The Morgan fingerprint density at radius 1 is 1.12 bits per heavy atom. The summed E-state index contributed by atoms with van der Waals surface area (Å²) in [6.07, 6.45) is 0. The van der Waals surface area contributed by atoms with E-state index in [1.54, 1.807) is 0 Å². The summed E-state index contributed by atoms with van der Waals surface area (Å²) in [5, 5.41) is 7.66. The molecule has 0 aliphatic carbocycles. The molecule has 128 valence electrons. The number of sulfonamides is 1. The molecule has 0 saturated carbocycles. The van der Waals surface area contributed by atoms with E-state index in [1.807, 2.05) is 24.3 Å². The SMILES string of the molecule is CC(C)c1ccccc1OCC(=O)Nc1ccc(S(N)(=O)=O)cc1. The predicted molar refractivity (Wildman–Crippen MR) is 92.5 cm³/mol. The zero-order valence-corrected chi connectivity index (χ0v) is 14.3. The molecular weight excluding hydrogens is 328 g/mol. The number of primary sulfonamides is 1. The highest BCUT2D eigenvalue weighted by Crippen LogP contribution is 2.25. The zero-order valence-electron chi connectivity index (χ0n) is 13.5. The molecule has 1 amide bonds. The third-order valence-electron chi connectivity index (χ3n) is 3.37. The Morgan fingerprint density at radius 2 is 1.75 bits per heavy atom. The van der Waals surface area contributed by atoms with Crippen molar-refractivity contribution in [2.45, 2.75) is 24.7 Å².